The van der Waals surface area contributed by atoms with Crippen molar-refractivity contribution >= 4 is 27.0 Å². The molecule has 23 heavy (non-hydrogen) atoms. The first-order chi connectivity index (χ1) is 11.2. The van der Waals surface area contributed by atoms with E-state index >= 15 is 0 Å². The van der Waals surface area contributed by atoms with Crippen molar-refractivity contribution in [3.8, 4) is 11.8 Å². The first kappa shape index (κ1) is 15.9. The van der Waals surface area contributed by atoms with Gasteiger partial charge in [0.2, 0.25) is 0 Å². The number of hydrogen-bond donors (Lipinski definition) is 0. The predicted molar refractivity (Wildman–Crippen MR) is 92.9 cm³/mol. The smallest absolute Gasteiger partial charge is 0.395 e. The van der Waals surface area contributed by atoms with E-state index in [4.69, 9.17) is 13.9 Å². The van der Waals surface area contributed by atoms with E-state index in [-0.39, 0.29) is 12.2 Å². The Morgan fingerprint density at radius 2 is 1.96 bits per heavy atom. The fourth-order valence-corrected chi connectivity index (χ4v) is 2.49. The molecule has 4 nitrogen and oxygen atoms in total. The zero-order valence-corrected chi connectivity index (χ0v) is 14.7. The van der Waals surface area contributed by atoms with Gasteiger partial charge in [0, 0.05) is 0 Å². The van der Waals surface area contributed by atoms with Crippen LogP contribution in [0.2, 0.25) is 0 Å². The zero-order chi connectivity index (χ0) is 16.2. The predicted octanol–water partition coefficient (Wildman–Crippen LogP) is 5.35. The van der Waals surface area contributed by atoms with Crippen LogP contribution in [0.4, 0.5) is 0 Å². The average Bonchev–Trinajstić information content (AvgIpc) is 2.99. The number of benzene rings is 2. The Kier molecular flexibility index (Phi) is 4.86. The molecule has 0 aliphatic rings. The van der Waals surface area contributed by atoms with Crippen LogP contribution in [-0.2, 0) is 6.61 Å². The Labute approximate surface area is 143 Å². The third-order valence-corrected chi connectivity index (χ3v) is 4.18. The van der Waals surface area contributed by atoms with Gasteiger partial charge in [-0.05, 0) is 47.0 Å². The van der Waals surface area contributed by atoms with Crippen molar-refractivity contribution in [1.29, 1.82) is 0 Å². The minimum absolute atomic E-state index is 0.0514. The maximum atomic E-state index is 5.91. The molecule has 0 aliphatic carbocycles. The van der Waals surface area contributed by atoms with Gasteiger partial charge in [0.1, 0.15) is 18.5 Å². The van der Waals surface area contributed by atoms with Crippen LogP contribution in [0.25, 0.3) is 11.1 Å². The van der Waals surface area contributed by atoms with Gasteiger partial charge in [-0.3, -0.25) is 0 Å². The summed E-state index contributed by atoms with van der Waals surface area (Å²) in [5, 5.41) is 0. The largest absolute Gasteiger partial charge is 0.486 e. The fourth-order valence-electron chi connectivity index (χ4n) is 2.09. The molecule has 3 aromatic rings. The molecule has 0 bridgehead atoms. The topological polar surface area (TPSA) is 44.5 Å². The summed E-state index contributed by atoms with van der Waals surface area (Å²) in [6, 6.07) is 13.8. The lowest BCUT2D eigenvalue weighted by atomic mass is 10.2. The van der Waals surface area contributed by atoms with E-state index in [0.717, 1.165) is 16.5 Å². The quantitative estimate of drug-likeness (QED) is 0.582. The van der Waals surface area contributed by atoms with Crippen molar-refractivity contribution in [3.63, 3.8) is 0 Å². The molecule has 0 fully saturated rings. The van der Waals surface area contributed by atoms with Gasteiger partial charge in [-0.15, -0.1) is 0 Å². The third-order valence-electron chi connectivity index (χ3n) is 3.55. The minimum Gasteiger partial charge on any atom is -0.486 e. The molecule has 1 atom stereocenters. The number of fused-ring (bicyclic) bond motifs is 1. The normalized spacial score (nSPS) is 12.3. The number of oxazole rings is 1. The molecular formula is C18H18BrNO3. The van der Waals surface area contributed by atoms with Crippen LogP contribution in [-0.4, -0.2) is 11.1 Å². The van der Waals surface area contributed by atoms with E-state index in [1.165, 1.54) is 0 Å². The summed E-state index contributed by atoms with van der Waals surface area (Å²) in [6.07, 6.45) is 1.21. The van der Waals surface area contributed by atoms with Crippen LogP contribution < -0.4 is 9.47 Å². The van der Waals surface area contributed by atoms with E-state index < -0.39 is 0 Å². The van der Waals surface area contributed by atoms with Crippen LogP contribution in [0.15, 0.2) is 51.4 Å². The van der Waals surface area contributed by atoms with Gasteiger partial charge in [0.05, 0.1) is 4.47 Å². The molecule has 2 aromatic carbocycles. The number of halogens is 1. The maximum Gasteiger partial charge on any atom is 0.395 e. The van der Waals surface area contributed by atoms with Crippen LogP contribution in [0, 0.1) is 0 Å². The summed E-state index contributed by atoms with van der Waals surface area (Å²) in [5.74, 6) is 0.676. The van der Waals surface area contributed by atoms with Gasteiger partial charge < -0.3 is 13.9 Å². The van der Waals surface area contributed by atoms with Crippen LogP contribution in [0.5, 0.6) is 11.8 Å². The molecule has 5 heteroatoms. The van der Waals surface area contributed by atoms with Gasteiger partial charge in [-0.1, -0.05) is 37.3 Å². The standard InChI is InChI=1S/C18H18BrNO3/c1-3-12(2)22-18-20-16-15(10-9-14(19)17(16)23-18)21-11-13-7-5-4-6-8-13/h4-10,12H,3,11H2,1-2H3. The molecule has 1 unspecified atom stereocenters. The van der Waals surface area contributed by atoms with Gasteiger partial charge in [-0.25, -0.2) is 0 Å². The summed E-state index contributed by atoms with van der Waals surface area (Å²) >= 11 is 3.48. The van der Waals surface area contributed by atoms with Gasteiger partial charge >= 0.3 is 6.08 Å². The lowest BCUT2D eigenvalue weighted by Crippen LogP contribution is -2.09. The zero-order valence-electron chi connectivity index (χ0n) is 13.1. The monoisotopic (exact) mass is 375 g/mol. The molecule has 0 radical (unpaired) electrons. The van der Waals surface area contributed by atoms with E-state index in [1.54, 1.807) is 0 Å². The highest BCUT2D eigenvalue weighted by Gasteiger charge is 2.16. The molecule has 0 aliphatic heterocycles. The molecule has 0 N–H and O–H groups in total. The molecule has 0 amide bonds. The Morgan fingerprint density at radius 3 is 2.70 bits per heavy atom. The lowest BCUT2D eigenvalue weighted by molar-refractivity contribution is 0.162. The second kappa shape index (κ2) is 7.04. The van der Waals surface area contributed by atoms with Crippen LogP contribution in [0.3, 0.4) is 0 Å². The fraction of sp³-hybridized carbons (Fsp3) is 0.278. The second-order valence-electron chi connectivity index (χ2n) is 5.31. The Morgan fingerprint density at radius 1 is 1.17 bits per heavy atom. The Bertz CT molecular complexity index is 786. The number of rotatable bonds is 6. The Hall–Kier alpha value is -2.01. The van der Waals surface area contributed by atoms with Crippen molar-refractivity contribution < 1.29 is 13.9 Å². The van der Waals surface area contributed by atoms with Crippen molar-refractivity contribution in [2.45, 2.75) is 33.0 Å². The number of aromatic nitrogens is 1. The molecular weight excluding hydrogens is 358 g/mol. The molecule has 1 heterocycles. The lowest BCUT2D eigenvalue weighted by Gasteiger charge is -2.07. The van der Waals surface area contributed by atoms with Crippen LogP contribution in [0.1, 0.15) is 25.8 Å². The molecule has 3 rings (SSSR count). The van der Waals surface area contributed by atoms with Gasteiger partial charge in [-0.2, -0.15) is 4.98 Å². The molecule has 0 saturated carbocycles. The highest BCUT2D eigenvalue weighted by molar-refractivity contribution is 9.10. The number of nitrogens with zero attached hydrogens (tertiary/aromatic N) is 1. The van der Waals surface area contributed by atoms with E-state index in [9.17, 15) is 0 Å². The average molecular weight is 376 g/mol. The summed E-state index contributed by atoms with van der Waals surface area (Å²) < 4.78 is 18.1. The summed E-state index contributed by atoms with van der Waals surface area (Å²) in [6.45, 7) is 4.51. The van der Waals surface area contributed by atoms with E-state index in [2.05, 4.69) is 27.8 Å². The Balaban J connectivity index is 1.86. The van der Waals surface area contributed by atoms with Crippen molar-refractivity contribution in [3.05, 3.63) is 52.5 Å². The number of ether oxygens (including phenoxy) is 2. The molecule has 120 valence electrons. The first-order valence-corrected chi connectivity index (χ1v) is 8.39. The molecule has 0 spiro atoms. The molecule has 0 saturated heterocycles. The number of hydrogen-bond acceptors (Lipinski definition) is 4. The van der Waals surface area contributed by atoms with Gasteiger partial charge in [0.25, 0.3) is 0 Å². The third kappa shape index (κ3) is 3.67. The minimum atomic E-state index is 0.0514. The van der Waals surface area contributed by atoms with Crippen molar-refractivity contribution in [1.82, 2.24) is 4.98 Å². The first-order valence-electron chi connectivity index (χ1n) is 7.59. The molecule has 1 aromatic heterocycles. The maximum absolute atomic E-state index is 5.91. The SMILES string of the molecule is CCC(C)Oc1nc2c(OCc3ccccc3)ccc(Br)c2o1. The second-order valence-corrected chi connectivity index (χ2v) is 6.17. The van der Waals surface area contributed by atoms with Crippen molar-refractivity contribution in [2.24, 2.45) is 0 Å². The highest BCUT2D eigenvalue weighted by atomic mass is 79.9. The van der Waals surface area contributed by atoms with Gasteiger partial charge in [0.15, 0.2) is 11.1 Å². The summed E-state index contributed by atoms with van der Waals surface area (Å²) in [5.41, 5.74) is 2.39. The summed E-state index contributed by atoms with van der Waals surface area (Å²) in [4.78, 5) is 4.43. The summed E-state index contributed by atoms with van der Waals surface area (Å²) in [7, 11) is 0. The van der Waals surface area contributed by atoms with Crippen molar-refractivity contribution in [2.75, 3.05) is 0 Å². The van der Waals surface area contributed by atoms with E-state index in [0.29, 0.717) is 23.5 Å². The van der Waals surface area contributed by atoms with E-state index in [1.807, 2.05) is 49.4 Å². The van der Waals surface area contributed by atoms with Crippen LogP contribution >= 0.6 is 15.9 Å². The highest BCUT2D eigenvalue weighted by Crippen LogP contribution is 2.35.